The van der Waals surface area contributed by atoms with Crippen LogP contribution in [-0.2, 0) is 0 Å². The van der Waals surface area contributed by atoms with E-state index in [4.69, 9.17) is 5.11 Å². The predicted molar refractivity (Wildman–Crippen MR) is 66.9 cm³/mol. The number of halogens is 1. The molecule has 1 rings (SSSR count). The standard InChI is InChI=1S/C12H18BrNO/c1-3-12(8-15)14-9(2)10-5-4-6-11(13)7-10/h4-7,9,12,14-15H,3,8H2,1-2H3/t9-,12-/m0/s1. The summed E-state index contributed by atoms with van der Waals surface area (Å²) in [5.41, 5.74) is 1.23. The van der Waals surface area contributed by atoms with Crippen molar-refractivity contribution in [2.24, 2.45) is 0 Å². The Labute approximate surface area is 99.8 Å². The van der Waals surface area contributed by atoms with Crippen molar-refractivity contribution in [1.82, 2.24) is 5.32 Å². The Balaban J connectivity index is 2.64. The maximum atomic E-state index is 9.10. The molecule has 2 nitrogen and oxygen atoms in total. The first-order valence-corrected chi connectivity index (χ1v) is 6.09. The molecule has 2 atom stereocenters. The van der Waals surface area contributed by atoms with Gasteiger partial charge in [0.15, 0.2) is 0 Å². The molecule has 0 amide bonds. The summed E-state index contributed by atoms with van der Waals surface area (Å²) in [6, 6.07) is 8.67. The SMILES string of the molecule is CC[C@@H](CO)N[C@@H](C)c1cccc(Br)c1. The van der Waals surface area contributed by atoms with Gasteiger partial charge in [0.25, 0.3) is 0 Å². The molecule has 0 aliphatic carbocycles. The lowest BCUT2D eigenvalue weighted by Crippen LogP contribution is -2.33. The lowest BCUT2D eigenvalue weighted by Gasteiger charge is -2.20. The highest BCUT2D eigenvalue weighted by Crippen LogP contribution is 2.18. The lowest BCUT2D eigenvalue weighted by atomic mass is 10.1. The zero-order valence-electron chi connectivity index (χ0n) is 9.20. The summed E-state index contributed by atoms with van der Waals surface area (Å²) in [5, 5.41) is 12.5. The third kappa shape index (κ3) is 3.93. The maximum absolute atomic E-state index is 9.10. The van der Waals surface area contributed by atoms with Crippen LogP contribution in [0.2, 0.25) is 0 Å². The summed E-state index contributed by atoms with van der Waals surface area (Å²) in [7, 11) is 0. The maximum Gasteiger partial charge on any atom is 0.0584 e. The molecule has 0 saturated carbocycles. The average molecular weight is 272 g/mol. The van der Waals surface area contributed by atoms with Gasteiger partial charge in [0, 0.05) is 16.6 Å². The summed E-state index contributed by atoms with van der Waals surface area (Å²) in [4.78, 5) is 0. The van der Waals surface area contributed by atoms with Crippen molar-refractivity contribution in [2.45, 2.75) is 32.4 Å². The molecule has 15 heavy (non-hydrogen) atoms. The van der Waals surface area contributed by atoms with Gasteiger partial charge in [-0.3, -0.25) is 0 Å². The van der Waals surface area contributed by atoms with Gasteiger partial charge in [0.2, 0.25) is 0 Å². The van der Waals surface area contributed by atoms with Gasteiger partial charge in [0.05, 0.1) is 6.61 Å². The van der Waals surface area contributed by atoms with Crippen molar-refractivity contribution in [3.8, 4) is 0 Å². The van der Waals surface area contributed by atoms with Crippen molar-refractivity contribution in [1.29, 1.82) is 0 Å². The van der Waals surface area contributed by atoms with E-state index in [1.807, 2.05) is 12.1 Å². The molecule has 0 aliphatic rings. The fourth-order valence-electron chi connectivity index (χ4n) is 1.53. The Kier molecular flexibility index (Phi) is 5.29. The first-order chi connectivity index (χ1) is 7.17. The van der Waals surface area contributed by atoms with Gasteiger partial charge in [-0.1, -0.05) is 35.0 Å². The monoisotopic (exact) mass is 271 g/mol. The Morgan fingerprint density at radius 1 is 1.47 bits per heavy atom. The molecule has 0 fully saturated rings. The van der Waals surface area contributed by atoms with Crippen LogP contribution in [0.3, 0.4) is 0 Å². The Morgan fingerprint density at radius 3 is 2.73 bits per heavy atom. The molecule has 0 aliphatic heterocycles. The second kappa shape index (κ2) is 6.26. The number of aliphatic hydroxyl groups excluding tert-OH is 1. The van der Waals surface area contributed by atoms with Gasteiger partial charge < -0.3 is 10.4 Å². The molecule has 0 bridgehead atoms. The minimum absolute atomic E-state index is 0.180. The van der Waals surface area contributed by atoms with Crippen LogP contribution in [-0.4, -0.2) is 17.8 Å². The van der Waals surface area contributed by atoms with Crippen LogP contribution in [0.15, 0.2) is 28.7 Å². The highest BCUT2D eigenvalue weighted by molar-refractivity contribution is 9.10. The van der Waals surface area contributed by atoms with E-state index in [0.717, 1.165) is 10.9 Å². The number of rotatable bonds is 5. The van der Waals surface area contributed by atoms with Gasteiger partial charge in [-0.15, -0.1) is 0 Å². The number of aliphatic hydroxyl groups is 1. The van der Waals surface area contributed by atoms with Gasteiger partial charge in [-0.2, -0.15) is 0 Å². The molecule has 0 saturated heterocycles. The molecule has 3 heteroatoms. The largest absolute Gasteiger partial charge is 0.395 e. The van der Waals surface area contributed by atoms with Crippen LogP contribution in [0.1, 0.15) is 31.9 Å². The van der Waals surface area contributed by atoms with Crippen LogP contribution < -0.4 is 5.32 Å². The Hall–Kier alpha value is -0.380. The number of benzene rings is 1. The second-order valence-corrected chi connectivity index (χ2v) is 4.65. The van der Waals surface area contributed by atoms with Crippen LogP contribution in [0.5, 0.6) is 0 Å². The van der Waals surface area contributed by atoms with Crippen LogP contribution >= 0.6 is 15.9 Å². The van der Waals surface area contributed by atoms with E-state index >= 15 is 0 Å². The first-order valence-electron chi connectivity index (χ1n) is 5.29. The fourth-order valence-corrected chi connectivity index (χ4v) is 1.94. The highest BCUT2D eigenvalue weighted by atomic mass is 79.9. The summed E-state index contributed by atoms with van der Waals surface area (Å²) in [6.07, 6.45) is 0.939. The molecule has 0 spiro atoms. The normalized spacial score (nSPS) is 14.9. The van der Waals surface area contributed by atoms with Crippen molar-refractivity contribution in [3.63, 3.8) is 0 Å². The van der Waals surface area contributed by atoms with E-state index in [0.29, 0.717) is 0 Å². The molecule has 84 valence electrons. The fraction of sp³-hybridized carbons (Fsp3) is 0.500. The number of hydrogen-bond acceptors (Lipinski definition) is 2. The van der Waals surface area contributed by atoms with Gasteiger partial charge >= 0.3 is 0 Å². The van der Waals surface area contributed by atoms with Crippen LogP contribution in [0.25, 0.3) is 0 Å². The second-order valence-electron chi connectivity index (χ2n) is 3.73. The molecule has 0 heterocycles. The molecular weight excluding hydrogens is 254 g/mol. The minimum Gasteiger partial charge on any atom is -0.395 e. The molecule has 0 radical (unpaired) electrons. The first kappa shape index (κ1) is 12.7. The van der Waals surface area contributed by atoms with Gasteiger partial charge in [-0.25, -0.2) is 0 Å². The van der Waals surface area contributed by atoms with Crippen molar-refractivity contribution >= 4 is 15.9 Å². The third-order valence-corrected chi connectivity index (χ3v) is 3.04. The molecule has 0 unspecified atom stereocenters. The van der Waals surface area contributed by atoms with Crippen molar-refractivity contribution in [2.75, 3.05) is 6.61 Å². The lowest BCUT2D eigenvalue weighted by molar-refractivity contribution is 0.230. The van der Waals surface area contributed by atoms with E-state index in [-0.39, 0.29) is 18.7 Å². The zero-order valence-corrected chi connectivity index (χ0v) is 10.8. The van der Waals surface area contributed by atoms with Crippen LogP contribution in [0, 0.1) is 0 Å². The zero-order chi connectivity index (χ0) is 11.3. The highest BCUT2D eigenvalue weighted by Gasteiger charge is 2.10. The third-order valence-electron chi connectivity index (χ3n) is 2.55. The summed E-state index contributed by atoms with van der Waals surface area (Å²) in [6.45, 7) is 4.37. The smallest absolute Gasteiger partial charge is 0.0584 e. The summed E-state index contributed by atoms with van der Waals surface area (Å²) < 4.78 is 1.09. The van der Waals surface area contributed by atoms with E-state index in [2.05, 4.69) is 47.2 Å². The Morgan fingerprint density at radius 2 is 2.20 bits per heavy atom. The topological polar surface area (TPSA) is 32.3 Å². The summed E-state index contributed by atoms with van der Waals surface area (Å²) in [5.74, 6) is 0. The predicted octanol–water partition coefficient (Wildman–Crippen LogP) is 2.87. The molecule has 2 N–H and O–H groups in total. The van der Waals surface area contributed by atoms with Crippen LogP contribution in [0.4, 0.5) is 0 Å². The minimum atomic E-state index is 0.180. The average Bonchev–Trinajstić information content (AvgIpc) is 2.25. The quantitative estimate of drug-likeness (QED) is 0.863. The molecular formula is C12H18BrNO. The molecule has 1 aromatic carbocycles. The van der Waals surface area contributed by atoms with Gasteiger partial charge in [-0.05, 0) is 31.0 Å². The van der Waals surface area contributed by atoms with Crippen molar-refractivity contribution < 1.29 is 5.11 Å². The summed E-state index contributed by atoms with van der Waals surface area (Å²) >= 11 is 3.45. The van der Waals surface area contributed by atoms with Gasteiger partial charge in [0.1, 0.15) is 0 Å². The van der Waals surface area contributed by atoms with E-state index in [1.165, 1.54) is 5.56 Å². The van der Waals surface area contributed by atoms with E-state index < -0.39 is 0 Å². The van der Waals surface area contributed by atoms with Crippen molar-refractivity contribution in [3.05, 3.63) is 34.3 Å². The van der Waals surface area contributed by atoms with E-state index in [9.17, 15) is 0 Å². The number of nitrogens with one attached hydrogen (secondary N) is 1. The van der Waals surface area contributed by atoms with E-state index in [1.54, 1.807) is 0 Å². The Bertz CT molecular complexity index is 299. The number of hydrogen-bond donors (Lipinski definition) is 2. The molecule has 0 aromatic heterocycles. The molecule has 1 aromatic rings.